The van der Waals surface area contributed by atoms with Crippen molar-refractivity contribution in [3.8, 4) is 11.8 Å². The zero-order valence-corrected chi connectivity index (χ0v) is 23.8. The van der Waals surface area contributed by atoms with Crippen molar-refractivity contribution < 1.29 is 13.6 Å². The number of fused-ring (bicyclic) bond motifs is 5. The summed E-state index contributed by atoms with van der Waals surface area (Å²) in [5.74, 6) is 5.58. The van der Waals surface area contributed by atoms with Gasteiger partial charge in [0.05, 0.1) is 18.6 Å². The van der Waals surface area contributed by atoms with Gasteiger partial charge >= 0.3 is 0 Å². The maximum atomic E-state index is 15.2. The predicted octanol–water partition coefficient (Wildman–Crippen LogP) is 5.31. The lowest BCUT2D eigenvalue weighted by atomic mass is 9.84. The average Bonchev–Trinajstić information content (AvgIpc) is 3.80. The van der Waals surface area contributed by atoms with E-state index in [2.05, 4.69) is 39.5 Å². The van der Waals surface area contributed by atoms with Crippen molar-refractivity contribution in [1.29, 1.82) is 0 Å². The van der Waals surface area contributed by atoms with Crippen LogP contribution >= 0.6 is 0 Å². The Morgan fingerprint density at radius 2 is 1.76 bits per heavy atom. The summed E-state index contributed by atoms with van der Waals surface area (Å²) in [6.45, 7) is 2.52. The highest BCUT2D eigenvalue weighted by Gasteiger charge is 2.30. The summed E-state index contributed by atoms with van der Waals surface area (Å²) in [4.78, 5) is 16.1. The number of benzene rings is 3. The van der Waals surface area contributed by atoms with Crippen molar-refractivity contribution in [2.75, 3.05) is 25.0 Å². The van der Waals surface area contributed by atoms with Crippen molar-refractivity contribution in [1.82, 2.24) is 10.2 Å². The first-order valence-corrected chi connectivity index (χ1v) is 15.1. The first-order valence-electron chi connectivity index (χ1n) is 15.1. The number of amides is 1. The number of carbonyl (C=O) groups is 1. The second-order valence-electron chi connectivity index (χ2n) is 11.8. The highest BCUT2D eigenvalue weighted by molar-refractivity contribution is 5.96. The number of halogens is 2. The molecule has 3 aromatic carbocycles. The lowest BCUT2D eigenvalue weighted by Crippen LogP contribution is -2.49. The molecule has 5 nitrogen and oxygen atoms in total. The van der Waals surface area contributed by atoms with E-state index >= 15 is 4.39 Å². The second kappa shape index (κ2) is 12.7. The van der Waals surface area contributed by atoms with Crippen LogP contribution in [0.15, 0.2) is 66.7 Å². The molecule has 5 atom stereocenters. The van der Waals surface area contributed by atoms with Crippen LogP contribution in [0.1, 0.15) is 66.2 Å². The van der Waals surface area contributed by atoms with E-state index in [1.165, 1.54) is 36.6 Å². The predicted molar refractivity (Wildman–Crippen MR) is 162 cm³/mol. The van der Waals surface area contributed by atoms with Gasteiger partial charge in [0.25, 0.3) is 0 Å². The van der Waals surface area contributed by atoms with Crippen molar-refractivity contribution in [3.63, 3.8) is 0 Å². The number of hydrogen-bond acceptors (Lipinski definition) is 4. The number of nitrogens with two attached hydrogens (primary N) is 1. The molecule has 1 aliphatic carbocycles. The van der Waals surface area contributed by atoms with Crippen LogP contribution < -0.4 is 16.4 Å². The standard InChI is InChI=1S/C35H38F2N4O/c36-27-16-14-26(15-17-27)33(25-12-10-24(11-13-25)23-8-9-23)34(38)35(42)40-32-7-1-6-31(37)30(32)19-18-29-22-39-28-4-2-20-41(29)21-3-5-28/h1,6-7,10-17,23,28-29,33-34,39H,2,4,8-9,18-22,38H2,(H,40,42)/t28?,29?,33-,34+/m1/s1. The molecule has 1 amide bonds. The molecule has 42 heavy (non-hydrogen) atoms. The minimum absolute atomic E-state index is 0.221. The largest absolute Gasteiger partial charge is 0.324 e. The van der Waals surface area contributed by atoms with E-state index in [0.717, 1.165) is 50.0 Å². The molecule has 0 spiro atoms. The highest BCUT2D eigenvalue weighted by atomic mass is 19.1. The summed E-state index contributed by atoms with van der Waals surface area (Å²) in [6.07, 6.45) is 5.74. The summed E-state index contributed by atoms with van der Waals surface area (Å²) in [5, 5.41) is 6.50. The molecule has 0 aromatic heterocycles. The first kappa shape index (κ1) is 28.5. The van der Waals surface area contributed by atoms with Gasteiger partial charge in [-0.3, -0.25) is 9.69 Å². The van der Waals surface area contributed by atoms with E-state index in [-0.39, 0.29) is 23.7 Å². The Kier molecular flexibility index (Phi) is 8.66. The van der Waals surface area contributed by atoms with Gasteiger partial charge in [-0.2, -0.15) is 0 Å². The van der Waals surface area contributed by atoms with Gasteiger partial charge in [-0.1, -0.05) is 54.3 Å². The SMILES string of the molecule is N[C@H](C(=O)Nc1cccc(F)c1CCC1CNC2C#CCN1CCC2)[C@@H](c1ccc(F)cc1)c1ccc(C2CC2)cc1. The zero-order valence-electron chi connectivity index (χ0n) is 23.8. The molecule has 7 rings (SSSR count). The van der Waals surface area contributed by atoms with Crippen molar-refractivity contribution in [2.45, 2.75) is 68.5 Å². The number of nitrogens with one attached hydrogen (secondary N) is 2. The number of hydrogen-bond donors (Lipinski definition) is 3. The molecule has 1 saturated carbocycles. The Hall–Kier alpha value is -3.57. The molecular formula is C35H38F2N4O. The third kappa shape index (κ3) is 6.57. The number of anilines is 1. The van der Waals surface area contributed by atoms with Crippen LogP contribution in [0.2, 0.25) is 0 Å². The maximum Gasteiger partial charge on any atom is 0.242 e. The molecule has 1 saturated heterocycles. The molecule has 3 unspecified atom stereocenters. The molecule has 3 aliphatic heterocycles. The lowest BCUT2D eigenvalue weighted by molar-refractivity contribution is -0.117. The first-order chi connectivity index (χ1) is 20.5. The van der Waals surface area contributed by atoms with Crippen LogP contribution in [-0.4, -0.2) is 48.6 Å². The van der Waals surface area contributed by atoms with Gasteiger partial charge in [-0.25, -0.2) is 8.78 Å². The van der Waals surface area contributed by atoms with Gasteiger partial charge in [-0.05, 0) is 91.9 Å². The summed E-state index contributed by atoms with van der Waals surface area (Å²) in [7, 11) is 0. The molecule has 4 N–H and O–H groups in total. The van der Waals surface area contributed by atoms with Crippen LogP contribution in [0.25, 0.3) is 0 Å². The molecular weight excluding hydrogens is 530 g/mol. The summed E-state index contributed by atoms with van der Waals surface area (Å²) in [5.41, 5.74) is 10.5. The average molecular weight is 569 g/mol. The van der Waals surface area contributed by atoms with Gasteiger partial charge in [0, 0.05) is 29.8 Å². The molecule has 218 valence electrons. The van der Waals surface area contributed by atoms with Gasteiger partial charge in [0.2, 0.25) is 5.91 Å². The number of rotatable bonds is 9. The Labute approximate surface area is 246 Å². The molecule has 3 heterocycles. The molecule has 0 radical (unpaired) electrons. The summed E-state index contributed by atoms with van der Waals surface area (Å²) < 4.78 is 29.0. The Morgan fingerprint density at radius 1 is 1.02 bits per heavy atom. The van der Waals surface area contributed by atoms with Crippen molar-refractivity contribution in [3.05, 3.63) is 101 Å². The van der Waals surface area contributed by atoms with E-state index in [9.17, 15) is 9.18 Å². The molecule has 2 bridgehead atoms. The summed E-state index contributed by atoms with van der Waals surface area (Å²) in [6, 6.07) is 18.6. The fourth-order valence-corrected chi connectivity index (χ4v) is 6.35. The molecule has 3 aromatic rings. The van der Waals surface area contributed by atoms with Crippen LogP contribution in [-0.2, 0) is 11.2 Å². The van der Waals surface area contributed by atoms with Crippen LogP contribution in [0.4, 0.5) is 14.5 Å². The van der Waals surface area contributed by atoms with Crippen LogP contribution in [0.3, 0.4) is 0 Å². The Bertz CT molecular complexity index is 1460. The third-order valence-corrected chi connectivity index (χ3v) is 8.95. The molecule has 7 heteroatoms. The Balaban J connectivity index is 1.20. The maximum absolute atomic E-state index is 15.2. The topological polar surface area (TPSA) is 70.4 Å². The minimum atomic E-state index is -0.975. The monoisotopic (exact) mass is 568 g/mol. The van der Waals surface area contributed by atoms with E-state index in [4.69, 9.17) is 5.73 Å². The van der Waals surface area contributed by atoms with Gasteiger partial charge < -0.3 is 16.4 Å². The normalized spacial score (nSPS) is 23.1. The minimum Gasteiger partial charge on any atom is -0.324 e. The van der Waals surface area contributed by atoms with E-state index < -0.39 is 17.9 Å². The molecule has 2 fully saturated rings. The molecule has 4 aliphatic rings. The van der Waals surface area contributed by atoms with Crippen molar-refractivity contribution in [2.24, 2.45) is 5.73 Å². The smallest absolute Gasteiger partial charge is 0.242 e. The Morgan fingerprint density at radius 3 is 2.50 bits per heavy atom. The van der Waals surface area contributed by atoms with Gasteiger partial charge in [0.1, 0.15) is 11.6 Å². The van der Waals surface area contributed by atoms with Crippen LogP contribution in [0, 0.1) is 23.5 Å². The number of carbonyl (C=O) groups excluding carboxylic acids is 1. The lowest BCUT2D eigenvalue weighted by Gasteiger charge is -2.35. The fraction of sp³-hybridized carbons (Fsp3) is 0.400. The number of nitrogens with zero attached hydrogens (tertiary/aromatic N) is 1. The third-order valence-electron chi connectivity index (χ3n) is 8.95. The summed E-state index contributed by atoms with van der Waals surface area (Å²) >= 11 is 0. The van der Waals surface area contributed by atoms with Crippen molar-refractivity contribution >= 4 is 11.6 Å². The quantitative estimate of drug-likeness (QED) is 0.306. The van der Waals surface area contributed by atoms with Crippen LogP contribution in [0.5, 0.6) is 0 Å². The highest BCUT2D eigenvalue weighted by Crippen LogP contribution is 2.40. The fourth-order valence-electron chi connectivity index (χ4n) is 6.35. The van der Waals surface area contributed by atoms with E-state index in [0.29, 0.717) is 23.6 Å². The second-order valence-corrected chi connectivity index (χ2v) is 11.8. The zero-order chi connectivity index (χ0) is 29.1. The van der Waals surface area contributed by atoms with Gasteiger partial charge in [-0.15, -0.1) is 0 Å². The van der Waals surface area contributed by atoms with E-state index in [1.807, 2.05) is 12.1 Å². The van der Waals surface area contributed by atoms with Gasteiger partial charge in [0.15, 0.2) is 0 Å². The van der Waals surface area contributed by atoms with E-state index in [1.54, 1.807) is 24.3 Å².